The van der Waals surface area contributed by atoms with Crippen molar-refractivity contribution in [3.05, 3.63) is 58.0 Å². The minimum absolute atomic E-state index is 0.0371. The Hall–Kier alpha value is -1.53. The Morgan fingerprint density at radius 2 is 1.81 bits per heavy atom. The van der Waals surface area contributed by atoms with Crippen LogP contribution in [0.5, 0.6) is 0 Å². The molecule has 1 aliphatic heterocycles. The molecule has 1 aromatic heterocycles. The average molecular weight is 326 g/mol. The van der Waals surface area contributed by atoms with Gasteiger partial charge in [-0.2, -0.15) is 13.2 Å². The lowest BCUT2D eigenvalue weighted by molar-refractivity contribution is -0.137. The van der Waals surface area contributed by atoms with E-state index < -0.39 is 11.7 Å². The lowest BCUT2D eigenvalue weighted by atomic mass is 10.0. The van der Waals surface area contributed by atoms with Crippen LogP contribution in [0.1, 0.15) is 21.5 Å². The first-order chi connectivity index (χ1) is 9.95. The monoisotopic (exact) mass is 326 g/mol. The lowest BCUT2D eigenvalue weighted by Gasteiger charge is -2.13. The zero-order chi connectivity index (χ0) is 15.0. The molecule has 0 fully saturated rings. The highest BCUT2D eigenvalue weighted by Gasteiger charge is 2.30. The zero-order valence-corrected chi connectivity index (χ0v) is 12.2. The molecule has 2 heterocycles. The topological polar surface area (TPSA) is 17.1 Å². The second-order valence-corrected chi connectivity index (χ2v) is 6.69. The number of hydrogen-bond acceptors (Lipinski definition) is 3. The van der Waals surface area contributed by atoms with Crippen LogP contribution in [-0.4, -0.2) is 11.5 Å². The summed E-state index contributed by atoms with van der Waals surface area (Å²) in [6.07, 6.45) is -2.68. The van der Waals surface area contributed by atoms with E-state index in [1.807, 2.05) is 5.38 Å². The molecule has 0 spiro atoms. The van der Waals surface area contributed by atoms with Crippen LogP contribution >= 0.6 is 23.1 Å². The van der Waals surface area contributed by atoms with Gasteiger partial charge in [-0.15, -0.1) is 23.1 Å². The first-order valence-electron chi connectivity index (χ1n) is 6.08. The number of Topliss-reactive ketones (excluding diaryl/α,β-unsaturated/α-hetero) is 1. The van der Waals surface area contributed by atoms with Crippen molar-refractivity contribution in [3.8, 4) is 0 Å². The van der Waals surface area contributed by atoms with E-state index >= 15 is 0 Å². The number of alkyl halides is 3. The molecule has 0 aliphatic carbocycles. The Bertz CT molecular complexity index is 711. The van der Waals surface area contributed by atoms with Crippen molar-refractivity contribution >= 4 is 35.0 Å². The van der Waals surface area contributed by atoms with E-state index in [0.717, 1.165) is 16.3 Å². The normalized spacial score (nSPS) is 17.1. The summed E-state index contributed by atoms with van der Waals surface area (Å²) < 4.78 is 38.5. The molecule has 108 valence electrons. The van der Waals surface area contributed by atoms with Crippen molar-refractivity contribution in [2.45, 2.75) is 10.4 Å². The molecule has 3 rings (SSSR count). The van der Waals surface area contributed by atoms with Gasteiger partial charge in [-0.05, 0) is 35.2 Å². The van der Waals surface area contributed by atoms with Gasteiger partial charge in [0.15, 0.2) is 5.78 Å². The summed E-state index contributed by atoms with van der Waals surface area (Å²) in [5, 5.41) is 1.87. The maximum Gasteiger partial charge on any atom is 0.416 e. The molecule has 0 unspecified atom stereocenters. The molecule has 0 atom stereocenters. The third-order valence-electron chi connectivity index (χ3n) is 3.10. The fourth-order valence-corrected chi connectivity index (χ4v) is 4.08. The van der Waals surface area contributed by atoms with Crippen LogP contribution in [0.3, 0.4) is 0 Å². The highest BCUT2D eigenvalue weighted by Crippen LogP contribution is 2.37. The van der Waals surface area contributed by atoms with Crippen molar-refractivity contribution in [1.29, 1.82) is 0 Å². The molecule has 21 heavy (non-hydrogen) atoms. The van der Waals surface area contributed by atoms with Crippen molar-refractivity contribution in [3.63, 3.8) is 0 Å². The maximum absolute atomic E-state index is 12.5. The van der Waals surface area contributed by atoms with E-state index in [1.54, 1.807) is 23.9 Å². The number of carbonyl (C=O) groups is 1. The summed E-state index contributed by atoms with van der Waals surface area (Å²) in [6, 6.07) is 6.62. The van der Waals surface area contributed by atoms with Gasteiger partial charge >= 0.3 is 6.18 Å². The molecule has 0 amide bonds. The van der Waals surface area contributed by atoms with Crippen LogP contribution in [0.15, 0.2) is 45.5 Å². The van der Waals surface area contributed by atoms with Gasteiger partial charge in [0.1, 0.15) is 0 Å². The average Bonchev–Trinajstić information content (AvgIpc) is 2.91. The fourth-order valence-electron chi connectivity index (χ4n) is 2.03. The van der Waals surface area contributed by atoms with Crippen molar-refractivity contribution < 1.29 is 18.0 Å². The van der Waals surface area contributed by atoms with Crippen LogP contribution < -0.4 is 0 Å². The van der Waals surface area contributed by atoms with E-state index in [-0.39, 0.29) is 5.78 Å². The molecule has 0 saturated carbocycles. The van der Waals surface area contributed by atoms with Gasteiger partial charge in [-0.1, -0.05) is 12.1 Å². The molecule has 2 aromatic rings. The number of thioether (sulfide) groups is 1. The fraction of sp³-hybridized carbons (Fsp3) is 0.133. The van der Waals surface area contributed by atoms with Gasteiger partial charge in [-0.25, -0.2) is 0 Å². The molecular formula is C15H9F3OS2. The van der Waals surface area contributed by atoms with Gasteiger partial charge < -0.3 is 0 Å². The molecule has 0 radical (unpaired) electrons. The smallest absolute Gasteiger partial charge is 0.289 e. The van der Waals surface area contributed by atoms with E-state index in [1.165, 1.54) is 23.5 Å². The number of benzene rings is 1. The Labute approximate surface area is 127 Å². The molecule has 0 saturated heterocycles. The quantitative estimate of drug-likeness (QED) is 0.675. The Kier molecular flexibility index (Phi) is 3.67. The van der Waals surface area contributed by atoms with Gasteiger partial charge in [0.05, 0.1) is 9.77 Å². The standard InChI is InChI=1S/C15H9F3OS2/c16-15(17,18)11-3-1-9(2-4-11)7-10-8-21-14-12(13(10)19)5-6-20-14/h1-7H,8H2. The second kappa shape index (κ2) is 5.35. The summed E-state index contributed by atoms with van der Waals surface area (Å²) >= 11 is 3.12. The van der Waals surface area contributed by atoms with Crippen LogP contribution in [-0.2, 0) is 6.18 Å². The first kappa shape index (κ1) is 14.4. The summed E-state index contributed by atoms with van der Waals surface area (Å²) in [6.45, 7) is 0. The highest BCUT2D eigenvalue weighted by molar-refractivity contribution is 8.01. The van der Waals surface area contributed by atoms with Crippen LogP contribution in [0.4, 0.5) is 13.2 Å². The van der Waals surface area contributed by atoms with E-state index in [0.29, 0.717) is 22.5 Å². The SMILES string of the molecule is O=C1C(=Cc2ccc(C(F)(F)F)cc2)CSc2sccc21. The van der Waals surface area contributed by atoms with E-state index in [9.17, 15) is 18.0 Å². The minimum Gasteiger partial charge on any atom is -0.289 e. The predicted molar refractivity (Wildman–Crippen MR) is 78.8 cm³/mol. The Morgan fingerprint density at radius 1 is 1.10 bits per heavy atom. The lowest BCUT2D eigenvalue weighted by Crippen LogP contribution is -2.10. The molecular weight excluding hydrogens is 317 g/mol. The third kappa shape index (κ3) is 2.91. The number of fused-ring (bicyclic) bond motifs is 1. The van der Waals surface area contributed by atoms with E-state index in [2.05, 4.69) is 0 Å². The van der Waals surface area contributed by atoms with Crippen molar-refractivity contribution in [1.82, 2.24) is 0 Å². The number of rotatable bonds is 1. The summed E-state index contributed by atoms with van der Waals surface area (Å²) in [7, 11) is 0. The molecule has 1 aliphatic rings. The molecule has 0 N–H and O–H groups in total. The molecule has 6 heteroatoms. The minimum atomic E-state index is -4.34. The summed E-state index contributed by atoms with van der Waals surface area (Å²) in [4.78, 5) is 12.3. The number of ketones is 1. The summed E-state index contributed by atoms with van der Waals surface area (Å²) in [5.41, 5.74) is 1.22. The predicted octanol–water partition coefficient (Wildman–Crippen LogP) is 5.14. The highest BCUT2D eigenvalue weighted by atomic mass is 32.2. The number of thiophene rings is 1. The Morgan fingerprint density at radius 3 is 2.48 bits per heavy atom. The Balaban J connectivity index is 1.88. The summed E-state index contributed by atoms with van der Waals surface area (Å²) in [5.74, 6) is 0.512. The molecule has 1 nitrogen and oxygen atoms in total. The van der Waals surface area contributed by atoms with Gasteiger partial charge in [0.25, 0.3) is 0 Å². The first-order valence-corrected chi connectivity index (χ1v) is 7.94. The van der Waals surface area contributed by atoms with Gasteiger partial charge in [-0.3, -0.25) is 4.79 Å². The van der Waals surface area contributed by atoms with Crippen molar-refractivity contribution in [2.75, 3.05) is 5.75 Å². The number of hydrogen-bond donors (Lipinski definition) is 0. The van der Waals surface area contributed by atoms with Crippen LogP contribution in [0.25, 0.3) is 6.08 Å². The van der Waals surface area contributed by atoms with Gasteiger partial charge in [0.2, 0.25) is 0 Å². The largest absolute Gasteiger partial charge is 0.416 e. The second-order valence-electron chi connectivity index (χ2n) is 4.53. The third-order valence-corrected chi connectivity index (χ3v) is 5.39. The van der Waals surface area contributed by atoms with Gasteiger partial charge in [0, 0.05) is 16.9 Å². The number of halogens is 3. The number of carbonyl (C=O) groups excluding carboxylic acids is 1. The zero-order valence-electron chi connectivity index (χ0n) is 10.6. The van der Waals surface area contributed by atoms with Crippen molar-refractivity contribution in [2.24, 2.45) is 0 Å². The van der Waals surface area contributed by atoms with Crippen LogP contribution in [0.2, 0.25) is 0 Å². The van der Waals surface area contributed by atoms with E-state index in [4.69, 9.17) is 0 Å². The molecule has 1 aromatic carbocycles. The molecule has 0 bridgehead atoms. The van der Waals surface area contributed by atoms with Crippen LogP contribution in [0, 0.1) is 0 Å². The maximum atomic E-state index is 12.5.